The highest BCUT2D eigenvalue weighted by atomic mass is 19.3. The van der Waals surface area contributed by atoms with Crippen molar-refractivity contribution in [2.24, 2.45) is 0 Å². The number of likely N-dealkylation sites (tertiary alicyclic amines) is 1. The molecule has 1 aromatic carbocycles. The van der Waals surface area contributed by atoms with Gasteiger partial charge in [-0.2, -0.15) is 13.8 Å². The molecular formula is C25H33F3N8O2. The maximum absolute atomic E-state index is 14.7. The Morgan fingerprint density at radius 1 is 1.13 bits per heavy atom. The molecule has 0 atom stereocenters. The highest BCUT2D eigenvalue weighted by molar-refractivity contribution is 5.60. The number of ether oxygens (including phenoxy) is 2. The van der Waals surface area contributed by atoms with Crippen molar-refractivity contribution in [1.82, 2.24) is 29.9 Å². The third-order valence-electron chi connectivity index (χ3n) is 6.86. The van der Waals surface area contributed by atoms with E-state index in [-0.39, 0.29) is 47.0 Å². The predicted octanol–water partition coefficient (Wildman–Crippen LogP) is 4.69. The Labute approximate surface area is 219 Å². The molecule has 4 rings (SSSR count). The van der Waals surface area contributed by atoms with Gasteiger partial charge in [-0.1, -0.05) is 5.21 Å². The Morgan fingerprint density at radius 3 is 2.53 bits per heavy atom. The van der Waals surface area contributed by atoms with Crippen LogP contribution in [-0.4, -0.2) is 67.2 Å². The Kier molecular flexibility index (Phi) is 7.95. The van der Waals surface area contributed by atoms with Crippen molar-refractivity contribution >= 4 is 17.5 Å². The van der Waals surface area contributed by atoms with Gasteiger partial charge in [0.15, 0.2) is 23.1 Å². The van der Waals surface area contributed by atoms with Crippen molar-refractivity contribution in [2.45, 2.75) is 70.8 Å². The number of hydrogen-bond donors (Lipinski definition) is 2. The highest BCUT2D eigenvalue weighted by Crippen LogP contribution is 2.38. The van der Waals surface area contributed by atoms with Gasteiger partial charge in [0.2, 0.25) is 5.95 Å². The largest absolute Gasteiger partial charge is 0.488 e. The summed E-state index contributed by atoms with van der Waals surface area (Å²) in [5.74, 6) is -0.447. The number of alkyl halides is 2. The fraction of sp³-hybridized carbons (Fsp3) is 0.520. The molecule has 206 valence electrons. The van der Waals surface area contributed by atoms with E-state index in [1.807, 2.05) is 0 Å². The number of piperidine rings is 1. The van der Waals surface area contributed by atoms with Gasteiger partial charge in [0.25, 0.3) is 0 Å². The lowest BCUT2D eigenvalue weighted by Gasteiger charge is -2.53. The van der Waals surface area contributed by atoms with Crippen LogP contribution in [0.4, 0.5) is 30.6 Å². The van der Waals surface area contributed by atoms with Crippen LogP contribution >= 0.6 is 0 Å². The van der Waals surface area contributed by atoms with Crippen molar-refractivity contribution in [1.29, 1.82) is 0 Å². The number of benzene rings is 1. The van der Waals surface area contributed by atoms with Crippen molar-refractivity contribution < 1.29 is 22.6 Å². The molecule has 0 amide bonds. The molecule has 3 aromatic rings. The Hall–Kier alpha value is -3.61. The summed E-state index contributed by atoms with van der Waals surface area (Å²) in [6.07, 6.45) is 5.85. The van der Waals surface area contributed by atoms with E-state index in [0.29, 0.717) is 12.2 Å². The highest BCUT2D eigenvalue weighted by Gasteiger charge is 2.43. The minimum Gasteiger partial charge on any atom is -0.488 e. The van der Waals surface area contributed by atoms with Gasteiger partial charge in [-0.3, -0.25) is 4.90 Å². The summed E-state index contributed by atoms with van der Waals surface area (Å²) in [4.78, 5) is 10.7. The molecule has 2 N–H and O–H groups in total. The Morgan fingerprint density at radius 2 is 1.87 bits per heavy atom. The Balaban J connectivity index is 1.47. The molecule has 0 radical (unpaired) electrons. The van der Waals surface area contributed by atoms with E-state index in [4.69, 9.17) is 4.74 Å². The molecule has 1 aliphatic rings. The van der Waals surface area contributed by atoms with Crippen molar-refractivity contribution in [2.75, 3.05) is 24.3 Å². The number of nitrogens with one attached hydrogen (secondary N) is 2. The summed E-state index contributed by atoms with van der Waals surface area (Å²) in [5.41, 5.74) is 0.178. The molecule has 0 aliphatic carbocycles. The molecule has 0 unspecified atom stereocenters. The van der Waals surface area contributed by atoms with Gasteiger partial charge in [0, 0.05) is 35.1 Å². The third-order valence-corrected chi connectivity index (χ3v) is 6.86. The van der Waals surface area contributed by atoms with Gasteiger partial charge in [-0.05, 0) is 59.7 Å². The van der Waals surface area contributed by atoms with Gasteiger partial charge in [-0.25, -0.2) is 14.1 Å². The fourth-order valence-corrected chi connectivity index (χ4v) is 4.82. The second-order valence-corrected chi connectivity index (χ2v) is 10.5. The first-order valence-corrected chi connectivity index (χ1v) is 12.3. The molecule has 38 heavy (non-hydrogen) atoms. The van der Waals surface area contributed by atoms with Gasteiger partial charge in [0.1, 0.15) is 6.61 Å². The van der Waals surface area contributed by atoms with Crippen LogP contribution in [0.3, 0.4) is 0 Å². The van der Waals surface area contributed by atoms with E-state index in [1.165, 1.54) is 18.3 Å². The quantitative estimate of drug-likeness (QED) is 0.383. The second kappa shape index (κ2) is 11.0. The Bertz CT molecular complexity index is 1210. The zero-order valence-electron chi connectivity index (χ0n) is 22.1. The molecule has 13 heteroatoms. The van der Waals surface area contributed by atoms with Crippen LogP contribution in [0, 0.1) is 5.82 Å². The molecule has 1 aliphatic heterocycles. The first-order valence-electron chi connectivity index (χ1n) is 12.3. The zero-order valence-corrected chi connectivity index (χ0v) is 22.1. The van der Waals surface area contributed by atoms with E-state index in [2.05, 4.69) is 75.3 Å². The molecule has 1 fully saturated rings. The second-order valence-electron chi connectivity index (χ2n) is 10.5. The molecule has 1 saturated heterocycles. The summed E-state index contributed by atoms with van der Waals surface area (Å²) in [6.45, 7) is 6.12. The number of rotatable bonds is 10. The zero-order chi connectivity index (χ0) is 27.5. The molecule has 2 aromatic heterocycles. The van der Waals surface area contributed by atoms with E-state index in [1.54, 1.807) is 16.9 Å². The summed E-state index contributed by atoms with van der Waals surface area (Å²) in [7, 11) is 2.10. The third kappa shape index (κ3) is 6.63. The summed E-state index contributed by atoms with van der Waals surface area (Å²) < 4.78 is 52.6. The SMILES string of the molecule is CN1C(C)(C)CC(Nc2nc(Nc3ccc(OCCn4ccnn4)c(OC(F)F)c3)ncc2F)CC1(C)C. The van der Waals surface area contributed by atoms with Gasteiger partial charge < -0.3 is 20.1 Å². The molecule has 0 spiro atoms. The van der Waals surface area contributed by atoms with Crippen LogP contribution in [0.1, 0.15) is 40.5 Å². The lowest BCUT2D eigenvalue weighted by molar-refractivity contribution is -0.0514. The van der Waals surface area contributed by atoms with Gasteiger partial charge in [-0.15, -0.1) is 5.10 Å². The van der Waals surface area contributed by atoms with E-state index in [0.717, 1.165) is 19.0 Å². The lowest BCUT2D eigenvalue weighted by atomic mass is 9.77. The van der Waals surface area contributed by atoms with E-state index in [9.17, 15) is 13.2 Å². The maximum Gasteiger partial charge on any atom is 0.387 e. The lowest BCUT2D eigenvalue weighted by Crippen LogP contribution is -2.61. The summed E-state index contributed by atoms with van der Waals surface area (Å²) >= 11 is 0. The first kappa shape index (κ1) is 27.4. The average molecular weight is 535 g/mol. The van der Waals surface area contributed by atoms with E-state index < -0.39 is 12.4 Å². The smallest absolute Gasteiger partial charge is 0.387 e. The van der Waals surface area contributed by atoms with Crippen LogP contribution in [0.5, 0.6) is 11.5 Å². The van der Waals surface area contributed by atoms with Crippen molar-refractivity contribution in [3.05, 3.63) is 42.6 Å². The molecule has 0 saturated carbocycles. The minimum atomic E-state index is -3.05. The summed E-state index contributed by atoms with van der Waals surface area (Å²) in [5, 5.41) is 13.7. The molecular weight excluding hydrogens is 501 g/mol. The maximum atomic E-state index is 14.7. The predicted molar refractivity (Wildman–Crippen MR) is 136 cm³/mol. The number of hydrogen-bond acceptors (Lipinski definition) is 9. The molecule has 3 heterocycles. The number of anilines is 3. The average Bonchev–Trinajstić information content (AvgIpc) is 3.34. The van der Waals surface area contributed by atoms with Crippen LogP contribution in [0.2, 0.25) is 0 Å². The topological polar surface area (TPSA) is 102 Å². The fourth-order valence-electron chi connectivity index (χ4n) is 4.82. The van der Waals surface area contributed by atoms with Crippen LogP contribution in [-0.2, 0) is 6.54 Å². The molecule has 10 nitrogen and oxygen atoms in total. The monoisotopic (exact) mass is 534 g/mol. The normalized spacial score (nSPS) is 17.4. The number of nitrogens with zero attached hydrogens (tertiary/aromatic N) is 6. The van der Waals surface area contributed by atoms with Crippen molar-refractivity contribution in [3.8, 4) is 11.5 Å². The van der Waals surface area contributed by atoms with E-state index >= 15 is 0 Å². The standard InChI is InChI=1S/C25H33F3N8O2/c1-24(2)13-17(14-25(3,4)35(24)5)31-21-18(26)15-29-23(33-21)32-16-6-7-19(20(12-16)38-22(27)28)37-11-10-36-9-8-30-34-36/h6-9,12,15,17,22H,10-11,13-14H2,1-5H3,(H2,29,31,32,33). The first-order chi connectivity index (χ1) is 17.9. The number of halogens is 3. The minimum absolute atomic E-state index is 0.00607. The number of aromatic nitrogens is 5. The van der Waals surface area contributed by atoms with Crippen LogP contribution in [0.15, 0.2) is 36.8 Å². The van der Waals surface area contributed by atoms with Gasteiger partial charge in [0.05, 0.1) is 18.9 Å². The summed E-state index contributed by atoms with van der Waals surface area (Å²) in [6, 6.07) is 4.43. The molecule has 0 bridgehead atoms. The van der Waals surface area contributed by atoms with Crippen LogP contribution < -0.4 is 20.1 Å². The van der Waals surface area contributed by atoms with Crippen molar-refractivity contribution in [3.63, 3.8) is 0 Å². The van der Waals surface area contributed by atoms with Gasteiger partial charge >= 0.3 is 6.61 Å². The van der Waals surface area contributed by atoms with Crippen LogP contribution in [0.25, 0.3) is 0 Å².